The number of nitrogens with zero attached hydrogens (tertiary/aromatic N) is 1. The van der Waals surface area contributed by atoms with E-state index in [9.17, 15) is 4.79 Å². The number of carbonyl (C=O) groups is 1. The number of benzene rings is 2. The standard InChI is InChI=1S/C20H25NO3/c1-20(2,3)24-19(22)21(18-12-8-5-9-13-18)14-15-23-16-17-10-6-4-7-11-17/h4-13H,14-16H2,1-3H3. The van der Waals surface area contributed by atoms with Gasteiger partial charge in [-0.15, -0.1) is 0 Å². The van der Waals surface area contributed by atoms with Crippen LogP contribution in [0.4, 0.5) is 10.5 Å². The minimum atomic E-state index is -0.533. The van der Waals surface area contributed by atoms with Gasteiger partial charge in [-0.3, -0.25) is 4.90 Å². The molecule has 4 nitrogen and oxygen atoms in total. The summed E-state index contributed by atoms with van der Waals surface area (Å²) in [5.74, 6) is 0. The van der Waals surface area contributed by atoms with Crippen LogP contribution in [-0.4, -0.2) is 24.8 Å². The molecular weight excluding hydrogens is 302 g/mol. The van der Waals surface area contributed by atoms with Crippen LogP contribution >= 0.6 is 0 Å². The lowest BCUT2D eigenvalue weighted by atomic mass is 10.2. The van der Waals surface area contributed by atoms with E-state index in [2.05, 4.69) is 0 Å². The highest BCUT2D eigenvalue weighted by Crippen LogP contribution is 2.17. The second-order valence-corrected chi connectivity index (χ2v) is 6.51. The summed E-state index contributed by atoms with van der Waals surface area (Å²) in [6.07, 6.45) is -0.364. The third-order valence-corrected chi connectivity index (χ3v) is 3.25. The molecule has 0 heterocycles. The van der Waals surface area contributed by atoms with Gasteiger partial charge in [0.25, 0.3) is 0 Å². The SMILES string of the molecule is CC(C)(C)OC(=O)N(CCOCc1ccccc1)c1ccccc1. The zero-order chi connectivity index (χ0) is 17.4. The molecule has 0 radical (unpaired) electrons. The van der Waals surface area contributed by atoms with Crippen molar-refractivity contribution < 1.29 is 14.3 Å². The molecule has 0 spiro atoms. The molecule has 0 saturated heterocycles. The smallest absolute Gasteiger partial charge is 0.414 e. The molecule has 0 saturated carbocycles. The van der Waals surface area contributed by atoms with Crippen LogP contribution in [0.25, 0.3) is 0 Å². The monoisotopic (exact) mass is 327 g/mol. The molecular formula is C20H25NO3. The number of ether oxygens (including phenoxy) is 2. The van der Waals surface area contributed by atoms with Crippen LogP contribution in [0.5, 0.6) is 0 Å². The van der Waals surface area contributed by atoms with E-state index in [0.29, 0.717) is 19.8 Å². The highest BCUT2D eigenvalue weighted by atomic mass is 16.6. The van der Waals surface area contributed by atoms with Crippen molar-refractivity contribution in [2.45, 2.75) is 33.0 Å². The Morgan fingerprint density at radius 3 is 2.12 bits per heavy atom. The summed E-state index contributed by atoms with van der Waals surface area (Å²) in [6.45, 7) is 6.98. The summed E-state index contributed by atoms with van der Waals surface area (Å²) in [4.78, 5) is 14.1. The Morgan fingerprint density at radius 2 is 1.54 bits per heavy atom. The third-order valence-electron chi connectivity index (χ3n) is 3.25. The Hall–Kier alpha value is -2.33. The van der Waals surface area contributed by atoms with Crippen molar-refractivity contribution in [2.24, 2.45) is 0 Å². The lowest BCUT2D eigenvalue weighted by Crippen LogP contribution is -2.38. The largest absolute Gasteiger partial charge is 0.443 e. The maximum absolute atomic E-state index is 12.5. The zero-order valence-electron chi connectivity index (χ0n) is 14.6. The number of anilines is 1. The first kappa shape index (κ1) is 18.0. The average molecular weight is 327 g/mol. The quantitative estimate of drug-likeness (QED) is 0.725. The summed E-state index contributed by atoms with van der Waals surface area (Å²) in [6, 6.07) is 19.5. The fourth-order valence-corrected chi connectivity index (χ4v) is 2.17. The number of amides is 1. The molecule has 0 aliphatic carbocycles. The molecule has 0 fully saturated rings. The van der Waals surface area contributed by atoms with Crippen LogP contribution in [0, 0.1) is 0 Å². The van der Waals surface area contributed by atoms with Crippen molar-refractivity contribution in [1.29, 1.82) is 0 Å². The topological polar surface area (TPSA) is 38.8 Å². The van der Waals surface area contributed by atoms with Gasteiger partial charge < -0.3 is 9.47 Å². The van der Waals surface area contributed by atoms with E-state index in [1.807, 2.05) is 81.4 Å². The predicted molar refractivity (Wildman–Crippen MR) is 96.1 cm³/mol. The van der Waals surface area contributed by atoms with Crippen molar-refractivity contribution in [2.75, 3.05) is 18.1 Å². The third kappa shape index (κ3) is 6.05. The van der Waals surface area contributed by atoms with Gasteiger partial charge in [0.1, 0.15) is 5.60 Å². The zero-order valence-corrected chi connectivity index (χ0v) is 14.6. The molecule has 2 aromatic rings. The van der Waals surface area contributed by atoms with Crippen LogP contribution in [-0.2, 0) is 16.1 Å². The first-order valence-electron chi connectivity index (χ1n) is 8.13. The van der Waals surface area contributed by atoms with Crippen molar-refractivity contribution in [3.63, 3.8) is 0 Å². The first-order chi connectivity index (χ1) is 11.5. The summed E-state index contributed by atoms with van der Waals surface area (Å²) in [5.41, 5.74) is 1.38. The van der Waals surface area contributed by atoms with Gasteiger partial charge in [0, 0.05) is 5.69 Å². The number of rotatable bonds is 6. The van der Waals surface area contributed by atoms with Crippen LogP contribution in [0.1, 0.15) is 26.3 Å². The summed E-state index contributed by atoms with van der Waals surface area (Å²) in [5, 5.41) is 0. The summed E-state index contributed by atoms with van der Waals surface area (Å²) < 4.78 is 11.2. The number of carbonyl (C=O) groups excluding carboxylic acids is 1. The normalized spacial score (nSPS) is 11.1. The lowest BCUT2D eigenvalue weighted by Gasteiger charge is -2.27. The van der Waals surface area contributed by atoms with Crippen molar-refractivity contribution in [3.05, 3.63) is 66.2 Å². The maximum Gasteiger partial charge on any atom is 0.414 e. The van der Waals surface area contributed by atoms with Crippen LogP contribution in [0.3, 0.4) is 0 Å². The summed E-state index contributed by atoms with van der Waals surface area (Å²) in [7, 11) is 0. The highest BCUT2D eigenvalue weighted by molar-refractivity contribution is 5.87. The Morgan fingerprint density at radius 1 is 0.958 bits per heavy atom. The molecule has 0 bridgehead atoms. The van der Waals surface area contributed by atoms with Gasteiger partial charge in [-0.05, 0) is 38.5 Å². The number of hydrogen-bond donors (Lipinski definition) is 0. The van der Waals surface area contributed by atoms with Gasteiger partial charge in [0.05, 0.1) is 19.8 Å². The van der Waals surface area contributed by atoms with Gasteiger partial charge in [0.2, 0.25) is 0 Å². The molecule has 0 aliphatic heterocycles. The van der Waals surface area contributed by atoms with E-state index < -0.39 is 5.60 Å². The van der Waals surface area contributed by atoms with Gasteiger partial charge in [-0.25, -0.2) is 4.79 Å². The molecule has 0 aliphatic rings. The average Bonchev–Trinajstić information content (AvgIpc) is 2.55. The molecule has 2 rings (SSSR count). The lowest BCUT2D eigenvalue weighted by molar-refractivity contribution is 0.0556. The number of para-hydroxylation sites is 1. The fourth-order valence-electron chi connectivity index (χ4n) is 2.17. The van der Waals surface area contributed by atoms with E-state index in [4.69, 9.17) is 9.47 Å². The number of hydrogen-bond acceptors (Lipinski definition) is 3. The molecule has 4 heteroatoms. The molecule has 0 N–H and O–H groups in total. The van der Waals surface area contributed by atoms with E-state index in [1.165, 1.54) is 0 Å². The Labute approximate surface area is 144 Å². The van der Waals surface area contributed by atoms with Crippen molar-refractivity contribution >= 4 is 11.8 Å². The summed E-state index contributed by atoms with van der Waals surface area (Å²) >= 11 is 0. The van der Waals surface area contributed by atoms with Gasteiger partial charge in [0.15, 0.2) is 0 Å². The van der Waals surface area contributed by atoms with Crippen LogP contribution < -0.4 is 4.90 Å². The van der Waals surface area contributed by atoms with Crippen molar-refractivity contribution in [1.82, 2.24) is 0 Å². The van der Waals surface area contributed by atoms with Crippen LogP contribution in [0.2, 0.25) is 0 Å². The van der Waals surface area contributed by atoms with E-state index in [0.717, 1.165) is 11.3 Å². The molecule has 1 amide bonds. The predicted octanol–water partition coefficient (Wildman–Crippen LogP) is 4.64. The van der Waals surface area contributed by atoms with Gasteiger partial charge >= 0.3 is 6.09 Å². The Bertz CT molecular complexity index is 620. The van der Waals surface area contributed by atoms with Gasteiger partial charge in [-0.2, -0.15) is 0 Å². The minimum Gasteiger partial charge on any atom is -0.443 e. The molecule has 0 atom stereocenters. The molecule has 0 unspecified atom stereocenters. The molecule has 24 heavy (non-hydrogen) atoms. The molecule has 128 valence electrons. The second kappa shape index (κ2) is 8.50. The highest BCUT2D eigenvalue weighted by Gasteiger charge is 2.23. The Balaban J connectivity index is 1.94. The Kier molecular flexibility index (Phi) is 6.38. The molecule has 2 aromatic carbocycles. The van der Waals surface area contributed by atoms with E-state index in [-0.39, 0.29) is 6.09 Å². The molecule has 0 aromatic heterocycles. The van der Waals surface area contributed by atoms with E-state index in [1.54, 1.807) is 4.90 Å². The minimum absolute atomic E-state index is 0.364. The maximum atomic E-state index is 12.5. The van der Waals surface area contributed by atoms with Crippen molar-refractivity contribution in [3.8, 4) is 0 Å². The van der Waals surface area contributed by atoms with Crippen LogP contribution in [0.15, 0.2) is 60.7 Å². The van der Waals surface area contributed by atoms with E-state index >= 15 is 0 Å². The fraction of sp³-hybridized carbons (Fsp3) is 0.350. The second-order valence-electron chi connectivity index (χ2n) is 6.51. The van der Waals surface area contributed by atoms with Gasteiger partial charge in [-0.1, -0.05) is 48.5 Å². The first-order valence-corrected chi connectivity index (χ1v) is 8.13.